The number of pyridine rings is 2. The van der Waals surface area contributed by atoms with Crippen molar-refractivity contribution in [3.8, 4) is 0 Å². The zero-order chi connectivity index (χ0) is 46.2. The summed E-state index contributed by atoms with van der Waals surface area (Å²) in [6.45, 7) is 11.6. The number of aryl methyl sites for hydroxylation is 2. The maximum atomic E-state index is 13.1. The molecule has 2 unspecified atom stereocenters. The molecule has 0 radical (unpaired) electrons. The summed E-state index contributed by atoms with van der Waals surface area (Å²) in [6.07, 6.45) is 11.9. The van der Waals surface area contributed by atoms with E-state index in [4.69, 9.17) is 9.84 Å². The molecule has 2 aromatic heterocycles. The Balaban J connectivity index is 0.000000235. The van der Waals surface area contributed by atoms with Crippen molar-refractivity contribution in [1.29, 1.82) is 0 Å². The molecule has 4 heterocycles. The molecule has 2 aliphatic heterocycles. The molecule has 0 bridgehead atoms. The van der Waals surface area contributed by atoms with E-state index in [1.165, 1.54) is 15.4 Å². The normalized spacial score (nSPS) is 15.5. The first-order valence-corrected chi connectivity index (χ1v) is 21.7. The van der Waals surface area contributed by atoms with Gasteiger partial charge in [-0.2, -0.15) is 0 Å². The molecule has 0 saturated carbocycles. The van der Waals surface area contributed by atoms with Crippen LogP contribution in [0.1, 0.15) is 101 Å². The second-order valence-electron chi connectivity index (χ2n) is 17.1. The maximum Gasteiger partial charge on any atom is 0.329 e. The Bertz CT molecular complexity index is 2170. The van der Waals surface area contributed by atoms with Crippen LogP contribution in [0.5, 0.6) is 0 Å². The van der Waals surface area contributed by atoms with E-state index in [1.807, 2.05) is 92.8 Å². The van der Waals surface area contributed by atoms with Crippen molar-refractivity contribution < 1.29 is 43.7 Å². The highest BCUT2D eigenvalue weighted by atomic mass is 16.5. The Morgan fingerprint density at radius 2 is 1.06 bits per heavy atom. The number of ketones is 2. The number of carboxylic acid groups (broad SMARTS) is 1. The lowest BCUT2D eigenvalue weighted by molar-refractivity contribution is -0.160. The fourth-order valence-corrected chi connectivity index (χ4v) is 6.99. The molecule has 13 nitrogen and oxygen atoms in total. The molecule has 2 amide bonds. The Hall–Kier alpha value is -6.08. The largest absolute Gasteiger partial charge is 0.480 e. The summed E-state index contributed by atoms with van der Waals surface area (Å²) in [5, 5.41) is 17.9. The number of nitrogens with zero attached hydrogens (tertiary/aromatic N) is 4. The fourth-order valence-electron chi connectivity index (χ4n) is 6.99. The van der Waals surface area contributed by atoms with E-state index < -0.39 is 58.2 Å². The minimum Gasteiger partial charge on any atom is -0.480 e. The second kappa shape index (κ2) is 23.4. The monoisotopic (exact) mass is 862 g/mol. The number of hydrogen-bond acceptors (Lipinski definition) is 10. The van der Waals surface area contributed by atoms with Crippen LogP contribution in [0.15, 0.2) is 97.6 Å². The highest BCUT2D eigenvalue weighted by molar-refractivity contribution is 6.38. The summed E-state index contributed by atoms with van der Waals surface area (Å²) < 4.78 is 5.53. The van der Waals surface area contributed by atoms with Crippen LogP contribution in [0.3, 0.4) is 0 Å². The lowest BCUT2D eigenvalue weighted by Crippen LogP contribution is -2.53. The smallest absolute Gasteiger partial charge is 0.329 e. The Morgan fingerprint density at radius 1 is 0.635 bits per heavy atom. The zero-order valence-electron chi connectivity index (χ0n) is 37.4. The van der Waals surface area contributed by atoms with Gasteiger partial charge in [0.2, 0.25) is 11.6 Å². The number of aliphatic carboxylic acids is 1. The molecule has 0 fully saturated rings. The zero-order valence-corrected chi connectivity index (χ0v) is 37.4. The van der Waals surface area contributed by atoms with Crippen LogP contribution >= 0.6 is 0 Å². The first-order chi connectivity index (χ1) is 30.0. The lowest BCUT2D eigenvalue weighted by atomic mass is 9.83. The highest BCUT2D eigenvalue weighted by Gasteiger charge is 2.43. The number of Topliss-reactive ketones (excluding diaryl/α,β-unsaturated/α-hetero) is 2. The van der Waals surface area contributed by atoms with Crippen molar-refractivity contribution >= 4 is 35.3 Å². The second-order valence-corrected chi connectivity index (χ2v) is 17.1. The lowest BCUT2D eigenvalue weighted by Gasteiger charge is -2.36. The third kappa shape index (κ3) is 13.7. The number of carboxylic acids is 1. The van der Waals surface area contributed by atoms with Gasteiger partial charge in [0.05, 0.1) is 6.61 Å². The highest BCUT2D eigenvalue weighted by Crippen LogP contribution is 2.30. The summed E-state index contributed by atoms with van der Waals surface area (Å²) >= 11 is 0. The number of aromatic nitrogens is 2. The quantitative estimate of drug-likeness (QED) is 0.0751. The number of aliphatic hydroxyl groups excluding tert-OH is 1. The van der Waals surface area contributed by atoms with Crippen molar-refractivity contribution in [2.45, 2.75) is 118 Å². The first-order valence-electron chi connectivity index (χ1n) is 21.7. The topological polar surface area (TPSA) is 184 Å². The van der Waals surface area contributed by atoms with Crippen LogP contribution in [0.4, 0.5) is 0 Å². The van der Waals surface area contributed by atoms with E-state index in [0.29, 0.717) is 25.7 Å². The Morgan fingerprint density at radius 3 is 1.48 bits per heavy atom. The standard InChI is InChI=1S/C25H30N2O4.C17H21NO4.C8H11NO/c1-4-25(2,3)22(28)23(29)27-17-20-12-6-5-11-19(20)15-21(27)24(30)31-14-8-10-18-9-7-13-26-16-18;1-4-17(2,3)14(19)15(20)18-10-12-8-6-5-7-11(12)9-13(18)16(21)22;10-6-2-4-8-3-1-5-9-7-8/h5-7,9,11-13,16,21H,4,8,10,14-15,17H2,1-3H3;5-8,13H,4,9-10H2,1-3H3,(H,21,22);1,3,5,7,10H,2,4,6H2. The van der Waals surface area contributed by atoms with Gasteiger partial charge in [-0.25, -0.2) is 9.59 Å². The summed E-state index contributed by atoms with van der Waals surface area (Å²) in [5.41, 5.74) is 4.50. The van der Waals surface area contributed by atoms with Gasteiger partial charge in [0.1, 0.15) is 12.1 Å². The van der Waals surface area contributed by atoms with Crippen LogP contribution in [-0.2, 0) is 72.3 Å². The number of benzene rings is 2. The molecule has 0 saturated heterocycles. The summed E-state index contributed by atoms with van der Waals surface area (Å²) in [6, 6.07) is 21.1. The average Bonchev–Trinajstić information content (AvgIpc) is 3.31. The van der Waals surface area contributed by atoms with E-state index in [2.05, 4.69) is 9.97 Å². The molecule has 2 aliphatic rings. The van der Waals surface area contributed by atoms with Gasteiger partial charge in [0, 0.05) is 68.2 Å². The average molecular weight is 863 g/mol. The third-order valence-electron chi connectivity index (χ3n) is 11.9. The van der Waals surface area contributed by atoms with Gasteiger partial charge in [0.25, 0.3) is 11.8 Å². The number of esters is 1. The third-order valence-corrected chi connectivity index (χ3v) is 11.9. The van der Waals surface area contributed by atoms with Gasteiger partial charge in [-0.3, -0.25) is 29.1 Å². The molecule has 13 heteroatoms. The fraction of sp³-hybridized carbons (Fsp3) is 0.440. The van der Waals surface area contributed by atoms with Crippen molar-refractivity contribution in [2.24, 2.45) is 10.8 Å². The number of rotatable bonds is 15. The summed E-state index contributed by atoms with van der Waals surface area (Å²) in [7, 11) is 0. The van der Waals surface area contributed by atoms with E-state index in [-0.39, 0.29) is 32.7 Å². The van der Waals surface area contributed by atoms with Gasteiger partial charge in [-0.15, -0.1) is 0 Å². The van der Waals surface area contributed by atoms with E-state index in [1.54, 1.807) is 46.3 Å². The number of amides is 2. The van der Waals surface area contributed by atoms with Gasteiger partial charge in [0.15, 0.2) is 0 Å². The first kappa shape index (κ1) is 49.6. The molecule has 2 atom stereocenters. The van der Waals surface area contributed by atoms with Crippen LogP contribution in [0, 0.1) is 10.8 Å². The molecular formula is C50H62N4O9. The molecule has 0 spiro atoms. The summed E-state index contributed by atoms with van der Waals surface area (Å²) in [5.74, 6) is -3.85. The van der Waals surface area contributed by atoms with Crippen molar-refractivity contribution in [3.05, 3.63) is 131 Å². The van der Waals surface area contributed by atoms with E-state index >= 15 is 0 Å². The van der Waals surface area contributed by atoms with Crippen molar-refractivity contribution in [2.75, 3.05) is 13.2 Å². The predicted octanol–water partition coefficient (Wildman–Crippen LogP) is 6.55. The molecule has 336 valence electrons. The number of ether oxygens (including phenoxy) is 1. The molecule has 2 aromatic carbocycles. The molecule has 6 rings (SSSR count). The minimum absolute atomic E-state index is 0.164. The van der Waals surface area contributed by atoms with Gasteiger partial charge in [-0.05, 0) is 84.0 Å². The summed E-state index contributed by atoms with van der Waals surface area (Å²) in [4.78, 5) is 86.0. The number of hydrogen-bond donors (Lipinski definition) is 2. The van der Waals surface area contributed by atoms with Crippen LogP contribution < -0.4 is 0 Å². The van der Waals surface area contributed by atoms with Crippen LogP contribution in [0.25, 0.3) is 0 Å². The van der Waals surface area contributed by atoms with E-state index in [0.717, 1.165) is 47.1 Å². The van der Waals surface area contributed by atoms with Crippen molar-refractivity contribution in [3.63, 3.8) is 0 Å². The molecule has 2 N–H and O–H groups in total. The Labute approximate surface area is 370 Å². The SMILES string of the molecule is CCC(C)(C)C(=O)C(=O)N1Cc2ccccc2CC1C(=O)O.CCC(C)(C)C(=O)C(=O)N1Cc2ccccc2CC1C(=O)OCCCc1cccnc1.OCCCc1cccnc1. The Kier molecular flexibility index (Phi) is 18.4. The number of aliphatic hydroxyl groups is 1. The molecule has 63 heavy (non-hydrogen) atoms. The molecular weight excluding hydrogens is 801 g/mol. The van der Waals surface area contributed by atoms with E-state index in [9.17, 15) is 33.9 Å². The predicted molar refractivity (Wildman–Crippen MR) is 238 cm³/mol. The molecule has 4 aromatic rings. The molecule has 0 aliphatic carbocycles. The van der Waals surface area contributed by atoms with Crippen LogP contribution in [-0.4, -0.2) is 90.6 Å². The van der Waals surface area contributed by atoms with Crippen molar-refractivity contribution in [1.82, 2.24) is 19.8 Å². The maximum absolute atomic E-state index is 13.1. The number of fused-ring (bicyclic) bond motifs is 2. The number of carbonyl (C=O) groups is 6. The van der Waals surface area contributed by atoms with Gasteiger partial charge < -0.3 is 24.7 Å². The van der Waals surface area contributed by atoms with Gasteiger partial charge in [-0.1, -0.05) is 102 Å². The number of carbonyl (C=O) groups excluding carboxylic acids is 5. The van der Waals surface area contributed by atoms with Gasteiger partial charge >= 0.3 is 11.9 Å². The van der Waals surface area contributed by atoms with Crippen LogP contribution in [0.2, 0.25) is 0 Å². The minimum atomic E-state index is -1.08.